The standard InChI is InChI=1S/C20H24N2O4S/c1-3-26-17-11-9-16(10-12-17)15-20(23)21-13-6-14-22(27(2,24)25)19-8-5-4-7-18(19)21/h4-5,7-12H,3,6,13-15H2,1-2H3. The van der Waals surface area contributed by atoms with Crippen LogP contribution >= 0.6 is 0 Å². The topological polar surface area (TPSA) is 66.9 Å². The van der Waals surface area contributed by atoms with Crippen LogP contribution < -0.4 is 13.9 Å². The molecule has 6 nitrogen and oxygen atoms in total. The zero-order valence-corrected chi connectivity index (χ0v) is 16.4. The Morgan fingerprint density at radius 1 is 1.04 bits per heavy atom. The van der Waals surface area contributed by atoms with Gasteiger partial charge in [-0.05, 0) is 43.2 Å². The predicted octanol–water partition coefficient (Wildman–Crippen LogP) is 2.83. The van der Waals surface area contributed by atoms with Crippen LogP contribution in [0.4, 0.5) is 11.4 Å². The van der Waals surface area contributed by atoms with Crippen molar-refractivity contribution >= 4 is 27.3 Å². The van der Waals surface area contributed by atoms with E-state index in [1.54, 1.807) is 23.1 Å². The Labute approximate surface area is 160 Å². The van der Waals surface area contributed by atoms with Crippen molar-refractivity contribution in [3.05, 3.63) is 54.1 Å². The number of nitrogens with zero attached hydrogens (tertiary/aromatic N) is 2. The lowest BCUT2D eigenvalue weighted by atomic mass is 10.1. The number of amides is 1. The number of carbonyl (C=O) groups is 1. The van der Waals surface area contributed by atoms with E-state index in [1.165, 1.54) is 10.6 Å². The number of rotatable bonds is 5. The first-order valence-electron chi connectivity index (χ1n) is 8.99. The quantitative estimate of drug-likeness (QED) is 0.790. The Balaban J connectivity index is 1.85. The number of carbonyl (C=O) groups excluding carboxylic acids is 1. The molecule has 0 saturated carbocycles. The molecule has 0 saturated heterocycles. The molecule has 0 bridgehead atoms. The summed E-state index contributed by atoms with van der Waals surface area (Å²) in [6.45, 7) is 3.37. The SMILES string of the molecule is CCOc1ccc(CC(=O)N2CCCN(S(C)(=O)=O)c3ccccc32)cc1. The summed E-state index contributed by atoms with van der Waals surface area (Å²) in [5, 5.41) is 0. The Morgan fingerprint density at radius 2 is 1.70 bits per heavy atom. The molecule has 1 heterocycles. The van der Waals surface area contributed by atoms with Crippen molar-refractivity contribution in [3.8, 4) is 5.75 Å². The zero-order valence-electron chi connectivity index (χ0n) is 15.6. The second-order valence-corrected chi connectivity index (χ2v) is 8.38. The van der Waals surface area contributed by atoms with Crippen molar-refractivity contribution in [1.82, 2.24) is 0 Å². The average Bonchev–Trinajstić information content (AvgIpc) is 2.83. The maximum Gasteiger partial charge on any atom is 0.232 e. The summed E-state index contributed by atoms with van der Waals surface area (Å²) in [5.41, 5.74) is 2.08. The van der Waals surface area contributed by atoms with Gasteiger partial charge in [0.1, 0.15) is 5.75 Å². The summed E-state index contributed by atoms with van der Waals surface area (Å²) in [7, 11) is -3.40. The van der Waals surface area contributed by atoms with Crippen LogP contribution in [0.3, 0.4) is 0 Å². The first kappa shape index (κ1) is 19.2. The first-order valence-corrected chi connectivity index (χ1v) is 10.8. The van der Waals surface area contributed by atoms with Gasteiger partial charge in [-0.25, -0.2) is 8.42 Å². The van der Waals surface area contributed by atoms with Crippen molar-refractivity contribution in [1.29, 1.82) is 0 Å². The summed E-state index contributed by atoms with van der Waals surface area (Å²) >= 11 is 0. The maximum absolute atomic E-state index is 13.0. The molecule has 0 fully saturated rings. The largest absolute Gasteiger partial charge is 0.494 e. The molecule has 0 unspecified atom stereocenters. The van der Waals surface area contributed by atoms with Crippen molar-refractivity contribution in [2.45, 2.75) is 19.8 Å². The van der Waals surface area contributed by atoms with E-state index in [0.29, 0.717) is 37.5 Å². The first-order chi connectivity index (χ1) is 12.9. The molecular weight excluding hydrogens is 364 g/mol. The van der Waals surface area contributed by atoms with Gasteiger partial charge in [-0.3, -0.25) is 9.10 Å². The van der Waals surface area contributed by atoms with Crippen molar-refractivity contribution in [2.24, 2.45) is 0 Å². The van der Waals surface area contributed by atoms with Gasteiger partial charge in [0.15, 0.2) is 0 Å². The molecule has 0 atom stereocenters. The van der Waals surface area contributed by atoms with Crippen molar-refractivity contribution in [2.75, 3.05) is 35.2 Å². The number of sulfonamides is 1. The van der Waals surface area contributed by atoms with E-state index in [9.17, 15) is 13.2 Å². The van der Waals surface area contributed by atoms with Gasteiger partial charge in [-0.15, -0.1) is 0 Å². The van der Waals surface area contributed by atoms with Crippen molar-refractivity contribution < 1.29 is 17.9 Å². The molecule has 7 heteroatoms. The highest BCUT2D eigenvalue weighted by molar-refractivity contribution is 7.92. The molecule has 3 rings (SSSR count). The highest BCUT2D eigenvalue weighted by Gasteiger charge is 2.28. The number of benzene rings is 2. The van der Waals surface area contributed by atoms with Gasteiger partial charge in [-0.2, -0.15) is 0 Å². The molecule has 0 aromatic heterocycles. The van der Waals surface area contributed by atoms with Gasteiger partial charge >= 0.3 is 0 Å². The van der Waals surface area contributed by atoms with E-state index in [1.807, 2.05) is 37.3 Å². The highest BCUT2D eigenvalue weighted by Crippen LogP contribution is 2.34. The number of hydrogen-bond acceptors (Lipinski definition) is 4. The molecule has 144 valence electrons. The Morgan fingerprint density at radius 3 is 2.33 bits per heavy atom. The van der Waals surface area contributed by atoms with E-state index in [2.05, 4.69) is 0 Å². The Kier molecular flexibility index (Phi) is 5.70. The molecule has 0 radical (unpaired) electrons. The summed E-state index contributed by atoms with van der Waals surface area (Å²) in [6.07, 6.45) is 2.03. The second-order valence-electron chi connectivity index (χ2n) is 6.48. The summed E-state index contributed by atoms with van der Waals surface area (Å²) < 4.78 is 31.1. The second kappa shape index (κ2) is 8.00. The minimum Gasteiger partial charge on any atom is -0.494 e. The van der Waals surface area contributed by atoms with E-state index < -0.39 is 10.0 Å². The van der Waals surface area contributed by atoms with Gasteiger partial charge in [-0.1, -0.05) is 24.3 Å². The predicted molar refractivity (Wildman–Crippen MR) is 107 cm³/mol. The van der Waals surface area contributed by atoms with Crippen molar-refractivity contribution in [3.63, 3.8) is 0 Å². The molecule has 2 aromatic rings. The molecule has 27 heavy (non-hydrogen) atoms. The minimum absolute atomic E-state index is 0.0537. The number of hydrogen-bond donors (Lipinski definition) is 0. The monoisotopic (exact) mass is 388 g/mol. The third-order valence-electron chi connectivity index (χ3n) is 4.48. The lowest BCUT2D eigenvalue weighted by Crippen LogP contribution is -2.32. The third-order valence-corrected chi connectivity index (χ3v) is 5.66. The fraction of sp³-hybridized carbons (Fsp3) is 0.350. The van der Waals surface area contributed by atoms with Crippen LogP contribution in [-0.2, 0) is 21.2 Å². The lowest BCUT2D eigenvalue weighted by molar-refractivity contribution is -0.118. The smallest absolute Gasteiger partial charge is 0.232 e. The maximum atomic E-state index is 13.0. The van der Waals surface area contributed by atoms with Crippen LogP contribution in [0.25, 0.3) is 0 Å². The molecule has 1 aliphatic rings. The van der Waals surface area contributed by atoms with Crippen LogP contribution in [0.1, 0.15) is 18.9 Å². The summed E-state index contributed by atoms with van der Waals surface area (Å²) in [5.74, 6) is 0.722. The Bertz CT molecular complexity index is 910. The summed E-state index contributed by atoms with van der Waals surface area (Å²) in [4.78, 5) is 14.7. The molecule has 0 aliphatic carbocycles. The number of anilines is 2. The number of fused-ring (bicyclic) bond motifs is 1. The molecule has 1 amide bonds. The third kappa shape index (κ3) is 4.42. The van der Waals surface area contributed by atoms with Gasteiger partial charge in [0.25, 0.3) is 0 Å². The fourth-order valence-corrected chi connectivity index (χ4v) is 4.23. The van der Waals surface area contributed by atoms with Gasteiger partial charge in [0, 0.05) is 13.1 Å². The Hall–Kier alpha value is -2.54. The van der Waals surface area contributed by atoms with Crippen LogP contribution in [0.2, 0.25) is 0 Å². The molecule has 2 aromatic carbocycles. The van der Waals surface area contributed by atoms with E-state index in [0.717, 1.165) is 11.3 Å². The average molecular weight is 388 g/mol. The van der Waals surface area contributed by atoms with E-state index in [-0.39, 0.29) is 12.3 Å². The highest BCUT2D eigenvalue weighted by atomic mass is 32.2. The van der Waals surface area contributed by atoms with Gasteiger partial charge < -0.3 is 9.64 Å². The van der Waals surface area contributed by atoms with Crippen LogP contribution in [-0.4, -0.2) is 40.3 Å². The van der Waals surface area contributed by atoms with Gasteiger partial charge in [0.2, 0.25) is 15.9 Å². The zero-order chi connectivity index (χ0) is 19.4. The van der Waals surface area contributed by atoms with E-state index in [4.69, 9.17) is 4.74 Å². The van der Waals surface area contributed by atoms with Crippen LogP contribution in [0.15, 0.2) is 48.5 Å². The van der Waals surface area contributed by atoms with Crippen LogP contribution in [0, 0.1) is 0 Å². The number of ether oxygens (including phenoxy) is 1. The summed E-state index contributed by atoms with van der Waals surface area (Å²) in [6, 6.07) is 14.6. The molecule has 0 N–H and O–H groups in total. The normalized spacial score (nSPS) is 14.4. The minimum atomic E-state index is -3.40. The van der Waals surface area contributed by atoms with E-state index >= 15 is 0 Å². The molecule has 0 spiro atoms. The van der Waals surface area contributed by atoms with Gasteiger partial charge in [0.05, 0.1) is 30.7 Å². The molecular formula is C20H24N2O4S. The fourth-order valence-electron chi connectivity index (χ4n) is 3.26. The number of para-hydroxylation sites is 2. The molecule has 1 aliphatic heterocycles. The lowest BCUT2D eigenvalue weighted by Gasteiger charge is -2.25. The van der Waals surface area contributed by atoms with Crippen LogP contribution in [0.5, 0.6) is 5.75 Å².